The van der Waals surface area contributed by atoms with E-state index in [0.717, 1.165) is 25.3 Å². The maximum absolute atomic E-state index is 5.90. The number of ether oxygens (including phenoxy) is 3. The molecule has 0 amide bonds. The first-order chi connectivity index (χ1) is 12.6. The van der Waals surface area contributed by atoms with Gasteiger partial charge in [-0.3, -0.25) is 0 Å². The van der Waals surface area contributed by atoms with Crippen LogP contribution in [0.5, 0.6) is 5.88 Å². The fourth-order valence-electron chi connectivity index (χ4n) is 3.59. The number of fused-ring (bicyclic) bond motifs is 1. The SMILES string of the molecule is CC1(C)OCC[C@@H](COc2ccnc(C3C=CC=C4NCCNC43)n2)O1. The molecule has 0 aromatic carbocycles. The number of piperazine rings is 1. The molecular weight excluding hydrogens is 332 g/mol. The lowest BCUT2D eigenvalue weighted by atomic mass is 9.90. The second kappa shape index (κ2) is 7.34. The highest BCUT2D eigenvalue weighted by molar-refractivity contribution is 5.33. The van der Waals surface area contributed by atoms with E-state index >= 15 is 0 Å². The van der Waals surface area contributed by atoms with Crippen LogP contribution in [-0.4, -0.2) is 54.2 Å². The minimum absolute atomic E-state index is 0.00508. The van der Waals surface area contributed by atoms with E-state index < -0.39 is 5.79 Å². The highest BCUT2D eigenvalue weighted by Crippen LogP contribution is 2.28. The minimum Gasteiger partial charge on any atom is -0.475 e. The largest absolute Gasteiger partial charge is 0.475 e. The minimum atomic E-state index is -0.557. The van der Waals surface area contributed by atoms with E-state index in [4.69, 9.17) is 14.2 Å². The highest BCUT2D eigenvalue weighted by atomic mass is 16.7. The second-order valence-corrected chi connectivity index (χ2v) is 7.23. The molecule has 2 fully saturated rings. The van der Waals surface area contributed by atoms with Gasteiger partial charge in [0.15, 0.2) is 5.79 Å². The Balaban J connectivity index is 1.42. The first kappa shape index (κ1) is 17.5. The molecule has 2 N–H and O–H groups in total. The summed E-state index contributed by atoms with van der Waals surface area (Å²) in [5, 5.41) is 6.99. The molecule has 4 rings (SSSR count). The molecule has 3 aliphatic rings. The molecule has 0 spiro atoms. The quantitative estimate of drug-likeness (QED) is 0.844. The average molecular weight is 358 g/mol. The number of aromatic nitrogens is 2. The Morgan fingerprint density at radius 1 is 1.35 bits per heavy atom. The summed E-state index contributed by atoms with van der Waals surface area (Å²) in [5.41, 5.74) is 1.19. The van der Waals surface area contributed by atoms with Crippen LogP contribution in [0.25, 0.3) is 0 Å². The molecule has 26 heavy (non-hydrogen) atoms. The van der Waals surface area contributed by atoms with Crippen molar-refractivity contribution in [1.82, 2.24) is 20.6 Å². The van der Waals surface area contributed by atoms with E-state index in [9.17, 15) is 0 Å². The van der Waals surface area contributed by atoms with Crippen molar-refractivity contribution in [2.75, 3.05) is 26.3 Å². The monoisotopic (exact) mass is 358 g/mol. The van der Waals surface area contributed by atoms with E-state index in [1.54, 1.807) is 12.3 Å². The number of hydrogen-bond donors (Lipinski definition) is 2. The van der Waals surface area contributed by atoms with Crippen molar-refractivity contribution in [3.8, 4) is 5.88 Å². The molecule has 2 unspecified atom stereocenters. The summed E-state index contributed by atoms with van der Waals surface area (Å²) in [4.78, 5) is 9.13. The lowest BCUT2D eigenvalue weighted by Gasteiger charge is -2.35. The molecule has 0 bridgehead atoms. The molecule has 2 saturated heterocycles. The van der Waals surface area contributed by atoms with Crippen LogP contribution in [0, 0.1) is 0 Å². The fourth-order valence-corrected chi connectivity index (χ4v) is 3.59. The molecule has 0 radical (unpaired) electrons. The predicted octanol–water partition coefficient (Wildman–Crippen LogP) is 1.50. The Kier molecular flexibility index (Phi) is 4.93. The predicted molar refractivity (Wildman–Crippen MR) is 96.8 cm³/mol. The van der Waals surface area contributed by atoms with E-state index in [-0.39, 0.29) is 18.1 Å². The van der Waals surface area contributed by atoms with Gasteiger partial charge in [0.2, 0.25) is 5.88 Å². The van der Waals surface area contributed by atoms with E-state index in [1.165, 1.54) is 5.70 Å². The van der Waals surface area contributed by atoms with Crippen molar-refractivity contribution in [2.45, 2.75) is 44.1 Å². The van der Waals surface area contributed by atoms with Gasteiger partial charge in [-0.1, -0.05) is 12.2 Å². The van der Waals surface area contributed by atoms with Crippen LogP contribution in [0.2, 0.25) is 0 Å². The molecular formula is C19H26N4O3. The van der Waals surface area contributed by atoms with Crippen molar-refractivity contribution >= 4 is 0 Å². The van der Waals surface area contributed by atoms with Gasteiger partial charge in [-0.25, -0.2) is 4.98 Å². The zero-order valence-corrected chi connectivity index (χ0v) is 15.3. The van der Waals surface area contributed by atoms with Gasteiger partial charge in [-0.2, -0.15) is 4.98 Å². The van der Waals surface area contributed by atoms with Gasteiger partial charge in [0.25, 0.3) is 0 Å². The van der Waals surface area contributed by atoms with Gasteiger partial charge >= 0.3 is 0 Å². The van der Waals surface area contributed by atoms with Crippen LogP contribution in [0.15, 0.2) is 36.2 Å². The molecule has 0 saturated carbocycles. The standard InChI is InChI=1S/C19H26N4O3/c1-19(2)25-11-7-13(26-19)12-24-16-6-8-22-18(23-16)14-4-3-5-15-17(14)21-10-9-20-15/h3-6,8,13-14,17,20-21H,7,9-12H2,1-2H3/t13-,14?,17?/m0/s1. The molecule has 7 nitrogen and oxygen atoms in total. The number of allylic oxidation sites excluding steroid dienone is 2. The Morgan fingerprint density at radius 3 is 3.15 bits per heavy atom. The molecule has 1 aromatic rings. The molecule has 7 heteroatoms. The summed E-state index contributed by atoms with van der Waals surface area (Å²) >= 11 is 0. The van der Waals surface area contributed by atoms with Crippen molar-refractivity contribution in [3.05, 3.63) is 42.0 Å². The van der Waals surface area contributed by atoms with Crippen molar-refractivity contribution in [3.63, 3.8) is 0 Å². The summed E-state index contributed by atoms with van der Waals surface area (Å²) in [7, 11) is 0. The lowest BCUT2D eigenvalue weighted by Crippen LogP contribution is -2.50. The first-order valence-corrected chi connectivity index (χ1v) is 9.24. The Hall–Kier alpha value is -1.96. The van der Waals surface area contributed by atoms with Crippen LogP contribution in [-0.2, 0) is 9.47 Å². The zero-order chi connectivity index (χ0) is 18.0. The summed E-state index contributed by atoms with van der Waals surface area (Å²) in [5.74, 6) is 0.873. The van der Waals surface area contributed by atoms with Gasteiger partial charge in [-0.15, -0.1) is 0 Å². The molecule has 1 aliphatic carbocycles. The van der Waals surface area contributed by atoms with Crippen molar-refractivity contribution in [1.29, 1.82) is 0 Å². The van der Waals surface area contributed by atoms with Gasteiger partial charge < -0.3 is 24.8 Å². The van der Waals surface area contributed by atoms with Crippen LogP contribution < -0.4 is 15.4 Å². The van der Waals surface area contributed by atoms with Crippen LogP contribution in [0.1, 0.15) is 32.0 Å². The molecule has 140 valence electrons. The van der Waals surface area contributed by atoms with Gasteiger partial charge in [0.1, 0.15) is 12.4 Å². The average Bonchev–Trinajstić information content (AvgIpc) is 2.65. The van der Waals surface area contributed by atoms with Gasteiger partial charge in [0.05, 0.1) is 24.7 Å². The molecule has 3 heterocycles. The Morgan fingerprint density at radius 2 is 2.27 bits per heavy atom. The fraction of sp³-hybridized carbons (Fsp3) is 0.579. The molecule has 1 aromatic heterocycles. The maximum Gasteiger partial charge on any atom is 0.216 e. The second-order valence-electron chi connectivity index (χ2n) is 7.23. The number of rotatable bonds is 4. The third-order valence-corrected chi connectivity index (χ3v) is 4.81. The van der Waals surface area contributed by atoms with Crippen LogP contribution in [0.3, 0.4) is 0 Å². The number of hydrogen-bond acceptors (Lipinski definition) is 7. The van der Waals surface area contributed by atoms with E-state index in [1.807, 2.05) is 13.8 Å². The summed E-state index contributed by atoms with van der Waals surface area (Å²) < 4.78 is 17.4. The molecule has 3 atom stereocenters. The lowest BCUT2D eigenvalue weighted by molar-refractivity contribution is -0.276. The maximum atomic E-state index is 5.90. The Bertz CT molecular complexity index is 704. The summed E-state index contributed by atoms with van der Waals surface area (Å²) in [6.45, 7) is 6.85. The van der Waals surface area contributed by atoms with Crippen LogP contribution >= 0.6 is 0 Å². The number of nitrogens with zero attached hydrogens (tertiary/aromatic N) is 2. The summed E-state index contributed by atoms with van der Waals surface area (Å²) in [6, 6.07) is 1.98. The van der Waals surface area contributed by atoms with E-state index in [0.29, 0.717) is 19.1 Å². The third-order valence-electron chi connectivity index (χ3n) is 4.81. The third kappa shape index (κ3) is 3.90. The Labute approximate surface area is 153 Å². The van der Waals surface area contributed by atoms with Crippen molar-refractivity contribution < 1.29 is 14.2 Å². The van der Waals surface area contributed by atoms with E-state index in [2.05, 4.69) is 38.8 Å². The van der Waals surface area contributed by atoms with Gasteiger partial charge in [-0.05, 0) is 19.9 Å². The van der Waals surface area contributed by atoms with Gasteiger partial charge in [0, 0.05) is 37.5 Å². The molecule has 2 aliphatic heterocycles. The first-order valence-electron chi connectivity index (χ1n) is 9.24. The zero-order valence-electron chi connectivity index (χ0n) is 15.3. The van der Waals surface area contributed by atoms with Crippen LogP contribution in [0.4, 0.5) is 0 Å². The summed E-state index contributed by atoms with van der Waals surface area (Å²) in [6.07, 6.45) is 8.89. The topological polar surface area (TPSA) is 77.5 Å². The number of nitrogens with one attached hydrogen (secondary N) is 2. The smallest absolute Gasteiger partial charge is 0.216 e. The van der Waals surface area contributed by atoms with Crippen molar-refractivity contribution in [2.24, 2.45) is 0 Å². The highest BCUT2D eigenvalue weighted by Gasteiger charge is 2.31. The normalized spacial score (nSPS) is 30.1.